The van der Waals surface area contributed by atoms with Gasteiger partial charge >= 0.3 is 0 Å². The van der Waals surface area contributed by atoms with E-state index < -0.39 is 0 Å². The number of hydrogen-bond acceptors (Lipinski definition) is 2. The molecule has 0 aliphatic carbocycles. The van der Waals surface area contributed by atoms with Gasteiger partial charge in [-0.3, -0.25) is 0 Å². The number of halogens is 2. The lowest BCUT2D eigenvalue weighted by molar-refractivity contribution is 1.25. The van der Waals surface area contributed by atoms with Crippen LogP contribution in [0.3, 0.4) is 0 Å². The van der Waals surface area contributed by atoms with Crippen LogP contribution >= 0.6 is 27.5 Å². The van der Waals surface area contributed by atoms with E-state index in [1.54, 1.807) is 0 Å². The third-order valence-corrected chi connectivity index (χ3v) is 4.60. The quantitative estimate of drug-likeness (QED) is 0.404. The number of anilines is 5. The number of para-hydroxylation sites is 2. The molecule has 22 heavy (non-hydrogen) atoms. The Kier molecular flexibility index (Phi) is 3.32. The summed E-state index contributed by atoms with van der Waals surface area (Å²) in [5, 5.41) is 4.21. The summed E-state index contributed by atoms with van der Waals surface area (Å²) in [5.74, 6) is 0. The molecule has 0 radical (unpaired) electrons. The zero-order chi connectivity index (χ0) is 15.1. The van der Waals surface area contributed by atoms with Crippen molar-refractivity contribution in [3.8, 4) is 0 Å². The van der Waals surface area contributed by atoms with Crippen molar-refractivity contribution >= 4 is 56.0 Å². The molecule has 3 aromatic rings. The van der Waals surface area contributed by atoms with Crippen LogP contribution in [0.15, 0.2) is 71.2 Å². The van der Waals surface area contributed by atoms with Gasteiger partial charge in [0.15, 0.2) is 0 Å². The summed E-state index contributed by atoms with van der Waals surface area (Å²) in [7, 11) is 0. The first kappa shape index (κ1) is 13.7. The Labute approximate surface area is 142 Å². The van der Waals surface area contributed by atoms with E-state index in [9.17, 15) is 0 Å². The van der Waals surface area contributed by atoms with E-state index in [2.05, 4.69) is 44.3 Å². The molecular weight excluding hydrogens is 360 g/mol. The van der Waals surface area contributed by atoms with Crippen molar-refractivity contribution in [3.63, 3.8) is 0 Å². The Morgan fingerprint density at radius 1 is 0.864 bits per heavy atom. The fourth-order valence-corrected chi connectivity index (χ4v) is 3.36. The molecule has 1 aliphatic heterocycles. The Morgan fingerprint density at radius 2 is 1.68 bits per heavy atom. The molecule has 3 aromatic carbocycles. The summed E-state index contributed by atoms with van der Waals surface area (Å²) in [6.07, 6.45) is 0. The third kappa shape index (κ3) is 2.18. The standard InChI is InChI=1S/C18H12BrClN2/c19-14-7-4-8-16-18(14)21-15-10-9-12(20)11-17(15)22(16)13-5-2-1-3-6-13/h1-11,21H. The van der Waals surface area contributed by atoms with Crippen LogP contribution in [0, 0.1) is 0 Å². The van der Waals surface area contributed by atoms with Crippen LogP contribution in [0.5, 0.6) is 0 Å². The van der Waals surface area contributed by atoms with Gasteiger partial charge in [0, 0.05) is 15.2 Å². The lowest BCUT2D eigenvalue weighted by Crippen LogP contribution is -2.17. The maximum Gasteiger partial charge on any atom is 0.0774 e. The van der Waals surface area contributed by atoms with E-state index in [4.69, 9.17) is 11.6 Å². The second kappa shape index (κ2) is 5.34. The number of benzene rings is 3. The van der Waals surface area contributed by atoms with Crippen LogP contribution in [0.1, 0.15) is 0 Å². The number of hydrogen-bond donors (Lipinski definition) is 1. The van der Waals surface area contributed by atoms with E-state index >= 15 is 0 Å². The summed E-state index contributed by atoms with van der Waals surface area (Å²) in [6.45, 7) is 0. The van der Waals surface area contributed by atoms with Crippen molar-refractivity contribution in [2.24, 2.45) is 0 Å². The maximum absolute atomic E-state index is 6.22. The Balaban J connectivity index is 2.00. The summed E-state index contributed by atoms with van der Waals surface area (Å²) in [5.41, 5.74) is 5.33. The van der Waals surface area contributed by atoms with Gasteiger partial charge < -0.3 is 10.2 Å². The van der Waals surface area contributed by atoms with Crippen molar-refractivity contribution in [2.45, 2.75) is 0 Å². The van der Waals surface area contributed by atoms with Crippen LogP contribution in [-0.2, 0) is 0 Å². The fourth-order valence-electron chi connectivity index (χ4n) is 2.74. The summed E-state index contributed by atoms with van der Waals surface area (Å²) in [4.78, 5) is 2.22. The minimum absolute atomic E-state index is 0.722. The SMILES string of the molecule is Clc1ccc2c(c1)N(c1ccccc1)c1cccc(Br)c1N2. The van der Waals surface area contributed by atoms with Crippen molar-refractivity contribution in [3.05, 3.63) is 76.2 Å². The molecule has 108 valence electrons. The highest BCUT2D eigenvalue weighted by atomic mass is 79.9. The second-order valence-corrected chi connectivity index (χ2v) is 6.38. The molecule has 0 amide bonds. The lowest BCUT2D eigenvalue weighted by Gasteiger charge is -2.34. The molecular formula is C18H12BrClN2. The van der Waals surface area contributed by atoms with Crippen molar-refractivity contribution in [1.29, 1.82) is 0 Å². The first-order valence-electron chi connectivity index (χ1n) is 6.94. The average Bonchev–Trinajstić information content (AvgIpc) is 2.54. The van der Waals surface area contributed by atoms with E-state index in [0.29, 0.717) is 0 Å². The molecule has 2 nitrogen and oxygen atoms in total. The highest BCUT2D eigenvalue weighted by Gasteiger charge is 2.25. The molecule has 4 heteroatoms. The number of nitrogens with one attached hydrogen (secondary N) is 1. The zero-order valence-electron chi connectivity index (χ0n) is 11.6. The van der Waals surface area contributed by atoms with Crippen LogP contribution < -0.4 is 10.2 Å². The highest BCUT2D eigenvalue weighted by Crippen LogP contribution is 2.50. The Bertz CT molecular complexity index is 847. The van der Waals surface area contributed by atoms with Crippen LogP contribution in [-0.4, -0.2) is 0 Å². The third-order valence-electron chi connectivity index (χ3n) is 3.71. The first-order valence-corrected chi connectivity index (χ1v) is 8.11. The number of rotatable bonds is 1. The molecule has 1 heterocycles. The minimum atomic E-state index is 0.722. The molecule has 0 saturated carbocycles. The second-order valence-electron chi connectivity index (χ2n) is 5.09. The van der Waals surface area contributed by atoms with Gasteiger partial charge in [0.2, 0.25) is 0 Å². The molecule has 1 aliphatic rings. The topological polar surface area (TPSA) is 15.3 Å². The largest absolute Gasteiger partial charge is 0.351 e. The molecule has 0 aromatic heterocycles. The van der Waals surface area contributed by atoms with Gasteiger partial charge in [-0.15, -0.1) is 0 Å². The van der Waals surface area contributed by atoms with Gasteiger partial charge in [0.05, 0.1) is 22.7 Å². The van der Waals surface area contributed by atoms with Gasteiger partial charge in [-0.2, -0.15) is 0 Å². The summed E-state index contributed by atoms with van der Waals surface area (Å²) < 4.78 is 1.03. The monoisotopic (exact) mass is 370 g/mol. The van der Waals surface area contributed by atoms with Gasteiger partial charge in [-0.1, -0.05) is 35.9 Å². The van der Waals surface area contributed by atoms with E-state index in [0.717, 1.165) is 37.9 Å². The van der Waals surface area contributed by atoms with Crippen LogP contribution in [0.25, 0.3) is 0 Å². The Hall–Kier alpha value is -1.97. The van der Waals surface area contributed by atoms with Crippen molar-refractivity contribution < 1.29 is 0 Å². The van der Waals surface area contributed by atoms with E-state index in [1.807, 2.05) is 48.5 Å². The van der Waals surface area contributed by atoms with Crippen LogP contribution in [0.4, 0.5) is 28.4 Å². The number of fused-ring (bicyclic) bond motifs is 2. The molecule has 0 bridgehead atoms. The zero-order valence-corrected chi connectivity index (χ0v) is 13.9. The van der Waals surface area contributed by atoms with Gasteiger partial charge in [-0.25, -0.2) is 0 Å². The summed E-state index contributed by atoms with van der Waals surface area (Å²) in [6, 6.07) is 22.4. The molecule has 0 atom stereocenters. The smallest absolute Gasteiger partial charge is 0.0774 e. The predicted molar refractivity (Wildman–Crippen MR) is 97.1 cm³/mol. The van der Waals surface area contributed by atoms with Gasteiger partial charge in [0.1, 0.15) is 0 Å². The molecule has 1 N–H and O–H groups in total. The molecule has 0 spiro atoms. The highest BCUT2D eigenvalue weighted by molar-refractivity contribution is 9.10. The normalized spacial score (nSPS) is 12.4. The van der Waals surface area contributed by atoms with Gasteiger partial charge in [0.25, 0.3) is 0 Å². The molecule has 0 saturated heterocycles. The maximum atomic E-state index is 6.22. The first-order chi connectivity index (χ1) is 10.7. The van der Waals surface area contributed by atoms with E-state index in [1.165, 1.54) is 0 Å². The van der Waals surface area contributed by atoms with E-state index in [-0.39, 0.29) is 0 Å². The average molecular weight is 372 g/mol. The minimum Gasteiger partial charge on any atom is -0.351 e. The predicted octanol–water partition coefficient (Wildman–Crippen LogP) is 6.63. The molecule has 0 fully saturated rings. The van der Waals surface area contributed by atoms with Crippen molar-refractivity contribution in [1.82, 2.24) is 0 Å². The lowest BCUT2D eigenvalue weighted by atomic mass is 10.1. The molecule has 0 unspecified atom stereocenters. The fraction of sp³-hybridized carbons (Fsp3) is 0. The van der Waals surface area contributed by atoms with Crippen LogP contribution in [0.2, 0.25) is 5.02 Å². The van der Waals surface area contributed by atoms with Crippen molar-refractivity contribution in [2.75, 3.05) is 10.2 Å². The molecule has 4 rings (SSSR count). The Morgan fingerprint density at radius 3 is 2.50 bits per heavy atom. The number of nitrogens with zero attached hydrogens (tertiary/aromatic N) is 1. The summed E-state index contributed by atoms with van der Waals surface area (Å²) >= 11 is 9.86. The van der Waals surface area contributed by atoms with Gasteiger partial charge in [-0.05, 0) is 58.4 Å².